The van der Waals surface area contributed by atoms with Gasteiger partial charge in [0.1, 0.15) is 0 Å². The summed E-state index contributed by atoms with van der Waals surface area (Å²) in [6.07, 6.45) is 3.86. The van der Waals surface area contributed by atoms with E-state index >= 15 is 0 Å². The van der Waals surface area contributed by atoms with Crippen molar-refractivity contribution in [2.24, 2.45) is 0 Å². The lowest BCUT2D eigenvalue weighted by Crippen LogP contribution is -2.42. The monoisotopic (exact) mass is 384 g/mol. The fourth-order valence-electron chi connectivity index (χ4n) is 4.26. The zero-order chi connectivity index (χ0) is 18.8. The van der Waals surface area contributed by atoms with Gasteiger partial charge in [-0.2, -0.15) is 0 Å². The summed E-state index contributed by atoms with van der Waals surface area (Å²) in [6.45, 7) is 2.02. The minimum absolute atomic E-state index is 0.169. The van der Waals surface area contributed by atoms with E-state index in [0.717, 1.165) is 50.0 Å². The first-order valence-corrected chi connectivity index (χ1v) is 10.3. The molecule has 0 aliphatic carbocycles. The smallest absolute Gasteiger partial charge is 0.338 e. The van der Waals surface area contributed by atoms with Crippen LogP contribution in [0.15, 0.2) is 35.7 Å². The molecule has 0 radical (unpaired) electrons. The number of anilines is 1. The fourth-order valence-corrected chi connectivity index (χ4v) is 5.14. The first kappa shape index (κ1) is 18.0. The molecule has 2 aliphatic rings. The number of likely N-dealkylation sites (tertiary alicyclic amines) is 1. The van der Waals surface area contributed by atoms with E-state index in [4.69, 9.17) is 4.74 Å². The summed E-state index contributed by atoms with van der Waals surface area (Å²) in [7, 11) is 1.41. The standard InChI is InChI=1S/C21H24N2O3S/c1-26-21(25)16-6-2-8-17-15(16)7-3-11-22(17)14-20(24)23-12-4-9-18(23)19-10-5-13-27-19/h2,5-6,8,10,13,18H,3-4,7,9,11-12,14H2,1H3. The summed E-state index contributed by atoms with van der Waals surface area (Å²) in [6, 6.07) is 10.1. The van der Waals surface area contributed by atoms with Gasteiger partial charge in [0.2, 0.25) is 5.91 Å². The molecule has 6 heteroatoms. The molecule has 1 aromatic carbocycles. The van der Waals surface area contributed by atoms with E-state index in [9.17, 15) is 9.59 Å². The molecule has 4 rings (SSSR count). The molecule has 0 spiro atoms. The van der Waals surface area contributed by atoms with Crippen LogP contribution < -0.4 is 4.90 Å². The van der Waals surface area contributed by atoms with Crippen molar-refractivity contribution in [3.05, 3.63) is 51.7 Å². The molecular formula is C21H24N2O3S. The Balaban J connectivity index is 1.54. The van der Waals surface area contributed by atoms with Gasteiger partial charge in [-0.1, -0.05) is 12.1 Å². The van der Waals surface area contributed by atoms with Gasteiger partial charge in [-0.25, -0.2) is 4.79 Å². The number of nitrogens with zero attached hydrogens (tertiary/aromatic N) is 2. The summed E-state index contributed by atoms with van der Waals surface area (Å²) >= 11 is 1.72. The molecule has 1 saturated heterocycles. The Morgan fingerprint density at radius 3 is 2.85 bits per heavy atom. The first-order valence-electron chi connectivity index (χ1n) is 9.47. The molecule has 0 N–H and O–H groups in total. The average Bonchev–Trinajstić information content (AvgIpc) is 3.38. The maximum atomic E-state index is 13.1. The Bertz CT molecular complexity index is 834. The fraction of sp³-hybridized carbons (Fsp3) is 0.429. The van der Waals surface area contributed by atoms with Crippen LogP contribution in [-0.2, 0) is 16.0 Å². The Kier molecular flexibility index (Phi) is 5.16. The highest BCUT2D eigenvalue weighted by Gasteiger charge is 2.32. The number of esters is 1. The number of benzene rings is 1. The van der Waals surface area contributed by atoms with E-state index in [-0.39, 0.29) is 17.9 Å². The van der Waals surface area contributed by atoms with Crippen molar-refractivity contribution in [1.29, 1.82) is 0 Å². The van der Waals surface area contributed by atoms with Crippen molar-refractivity contribution in [3.63, 3.8) is 0 Å². The molecule has 27 heavy (non-hydrogen) atoms. The summed E-state index contributed by atoms with van der Waals surface area (Å²) in [5, 5.41) is 2.07. The van der Waals surface area contributed by atoms with Crippen molar-refractivity contribution >= 4 is 28.9 Å². The zero-order valence-electron chi connectivity index (χ0n) is 15.5. The predicted octanol–water partition coefficient (Wildman–Crippen LogP) is 3.65. The molecule has 1 fully saturated rings. The lowest BCUT2D eigenvalue weighted by atomic mass is 9.96. The van der Waals surface area contributed by atoms with Crippen molar-refractivity contribution < 1.29 is 14.3 Å². The summed E-state index contributed by atoms with van der Waals surface area (Å²) in [5.41, 5.74) is 2.61. The number of amides is 1. The van der Waals surface area contributed by atoms with E-state index < -0.39 is 0 Å². The van der Waals surface area contributed by atoms with Crippen LogP contribution in [0.25, 0.3) is 0 Å². The van der Waals surface area contributed by atoms with Crippen LogP contribution in [0.1, 0.15) is 46.1 Å². The number of rotatable bonds is 4. The number of methoxy groups -OCH3 is 1. The van der Waals surface area contributed by atoms with Gasteiger partial charge in [0.05, 0.1) is 25.3 Å². The van der Waals surface area contributed by atoms with E-state index in [0.29, 0.717) is 12.1 Å². The second kappa shape index (κ2) is 7.72. The highest BCUT2D eigenvalue weighted by atomic mass is 32.1. The lowest BCUT2D eigenvalue weighted by Gasteiger charge is -2.34. The van der Waals surface area contributed by atoms with Crippen molar-refractivity contribution in [2.75, 3.05) is 31.6 Å². The van der Waals surface area contributed by atoms with Gasteiger partial charge in [-0.05, 0) is 54.8 Å². The van der Waals surface area contributed by atoms with E-state index in [1.165, 1.54) is 12.0 Å². The molecule has 1 amide bonds. The van der Waals surface area contributed by atoms with E-state index in [1.807, 2.05) is 23.1 Å². The second-order valence-corrected chi connectivity index (χ2v) is 8.06. The maximum Gasteiger partial charge on any atom is 0.338 e. The Morgan fingerprint density at radius 2 is 2.07 bits per heavy atom. The van der Waals surface area contributed by atoms with Crippen LogP contribution in [0.5, 0.6) is 0 Å². The largest absolute Gasteiger partial charge is 0.465 e. The molecule has 2 aromatic rings. The summed E-state index contributed by atoms with van der Waals surface area (Å²) in [4.78, 5) is 30.6. The van der Waals surface area contributed by atoms with Crippen LogP contribution in [-0.4, -0.2) is 43.5 Å². The normalized spacial score (nSPS) is 19.1. The molecule has 0 saturated carbocycles. The quantitative estimate of drug-likeness (QED) is 0.755. The molecule has 1 unspecified atom stereocenters. The SMILES string of the molecule is COC(=O)c1cccc2c1CCCN2CC(=O)N1CCCC1c1cccs1. The van der Waals surface area contributed by atoms with Crippen LogP contribution in [0.2, 0.25) is 0 Å². The van der Waals surface area contributed by atoms with Crippen molar-refractivity contribution in [2.45, 2.75) is 31.7 Å². The van der Waals surface area contributed by atoms with Crippen molar-refractivity contribution in [3.8, 4) is 0 Å². The molecule has 1 atom stereocenters. The minimum atomic E-state index is -0.308. The maximum absolute atomic E-state index is 13.1. The van der Waals surface area contributed by atoms with E-state index in [1.54, 1.807) is 11.3 Å². The van der Waals surface area contributed by atoms with Gasteiger partial charge < -0.3 is 14.5 Å². The summed E-state index contributed by atoms with van der Waals surface area (Å²) < 4.78 is 4.92. The number of fused-ring (bicyclic) bond motifs is 1. The van der Waals surface area contributed by atoms with Gasteiger partial charge in [-0.3, -0.25) is 4.79 Å². The Hall–Kier alpha value is -2.34. The van der Waals surface area contributed by atoms with Gasteiger partial charge in [0.25, 0.3) is 0 Å². The first-order chi connectivity index (χ1) is 13.2. The number of ether oxygens (including phenoxy) is 1. The molecule has 2 aliphatic heterocycles. The third-order valence-corrected chi connectivity index (χ3v) is 6.50. The number of carbonyl (C=O) groups is 2. The average molecular weight is 385 g/mol. The third-order valence-electron chi connectivity index (χ3n) is 5.52. The molecule has 0 bridgehead atoms. The number of carbonyl (C=O) groups excluding carboxylic acids is 2. The topological polar surface area (TPSA) is 49.9 Å². The number of thiophene rings is 1. The van der Waals surface area contributed by atoms with Crippen LogP contribution in [0, 0.1) is 0 Å². The molecule has 142 valence electrons. The number of hydrogen-bond acceptors (Lipinski definition) is 5. The van der Waals surface area contributed by atoms with E-state index in [2.05, 4.69) is 22.4 Å². The molecule has 5 nitrogen and oxygen atoms in total. The lowest BCUT2D eigenvalue weighted by molar-refractivity contribution is -0.130. The Labute approximate surface area is 163 Å². The third kappa shape index (κ3) is 3.46. The highest BCUT2D eigenvalue weighted by molar-refractivity contribution is 7.10. The zero-order valence-corrected chi connectivity index (χ0v) is 16.3. The van der Waals surface area contributed by atoms with Gasteiger partial charge in [0.15, 0.2) is 0 Å². The molecule has 1 aromatic heterocycles. The Morgan fingerprint density at radius 1 is 1.19 bits per heavy atom. The summed E-state index contributed by atoms with van der Waals surface area (Å²) in [5.74, 6) is -0.139. The van der Waals surface area contributed by atoms with Crippen molar-refractivity contribution in [1.82, 2.24) is 4.90 Å². The van der Waals surface area contributed by atoms with Gasteiger partial charge in [0, 0.05) is 23.7 Å². The van der Waals surface area contributed by atoms with Crippen LogP contribution in [0.4, 0.5) is 5.69 Å². The second-order valence-electron chi connectivity index (χ2n) is 7.08. The van der Waals surface area contributed by atoms with Gasteiger partial charge in [-0.15, -0.1) is 11.3 Å². The molecular weight excluding hydrogens is 360 g/mol. The predicted molar refractivity (Wildman–Crippen MR) is 106 cm³/mol. The van der Waals surface area contributed by atoms with Crippen LogP contribution in [0.3, 0.4) is 0 Å². The number of hydrogen-bond donors (Lipinski definition) is 0. The highest BCUT2D eigenvalue weighted by Crippen LogP contribution is 2.35. The molecule has 3 heterocycles. The van der Waals surface area contributed by atoms with Gasteiger partial charge >= 0.3 is 5.97 Å². The van der Waals surface area contributed by atoms with Crippen LogP contribution >= 0.6 is 11.3 Å². The minimum Gasteiger partial charge on any atom is -0.465 e.